The molecule has 0 heterocycles. The molecule has 0 aromatic heterocycles. The van der Waals surface area contributed by atoms with E-state index in [4.69, 9.17) is 11.6 Å². The van der Waals surface area contributed by atoms with Gasteiger partial charge in [0.15, 0.2) is 0 Å². The van der Waals surface area contributed by atoms with Gasteiger partial charge in [-0.15, -0.1) is 0 Å². The highest BCUT2D eigenvalue weighted by Gasteiger charge is 2.17. The number of nitro groups is 1. The maximum Gasteiger partial charge on any atom is 0.284 e. The second-order valence-corrected chi connectivity index (χ2v) is 5.96. The Hall–Kier alpha value is -1.92. The Labute approximate surface area is 140 Å². The van der Waals surface area contributed by atoms with Crippen molar-refractivity contribution in [2.75, 3.05) is 0 Å². The first-order valence-electron chi connectivity index (χ1n) is 6.38. The second kappa shape index (κ2) is 6.89. The van der Waals surface area contributed by atoms with Crippen LogP contribution in [0, 0.1) is 10.1 Å². The number of halogens is 2. The Morgan fingerprint density at radius 2 is 1.91 bits per heavy atom. The lowest BCUT2D eigenvalue weighted by Crippen LogP contribution is -2.26. The molecule has 0 spiro atoms. The third-order valence-electron chi connectivity index (χ3n) is 3.12. The average molecular weight is 384 g/mol. The molecule has 7 heteroatoms. The van der Waals surface area contributed by atoms with Crippen LogP contribution in [0.2, 0.25) is 5.02 Å². The van der Waals surface area contributed by atoms with E-state index in [1.807, 2.05) is 19.1 Å². The van der Waals surface area contributed by atoms with E-state index in [-0.39, 0.29) is 23.2 Å². The molecule has 1 atom stereocenters. The Bertz CT molecular complexity index is 719. The summed E-state index contributed by atoms with van der Waals surface area (Å²) in [6, 6.07) is 11.1. The van der Waals surface area contributed by atoms with Gasteiger partial charge in [0.2, 0.25) is 0 Å². The van der Waals surface area contributed by atoms with Gasteiger partial charge >= 0.3 is 0 Å². The average Bonchev–Trinajstić information content (AvgIpc) is 2.47. The fourth-order valence-corrected chi connectivity index (χ4v) is 2.43. The summed E-state index contributed by atoms with van der Waals surface area (Å²) in [4.78, 5) is 22.6. The van der Waals surface area contributed by atoms with Crippen LogP contribution in [0.3, 0.4) is 0 Å². The van der Waals surface area contributed by atoms with E-state index in [1.165, 1.54) is 18.2 Å². The smallest absolute Gasteiger partial charge is 0.284 e. The Morgan fingerprint density at radius 3 is 2.50 bits per heavy atom. The predicted molar refractivity (Wildman–Crippen MR) is 88.1 cm³/mol. The van der Waals surface area contributed by atoms with Crippen LogP contribution in [0.5, 0.6) is 0 Å². The maximum atomic E-state index is 12.2. The van der Waals surface area contributed by atoms with E-state index in [0.717, 1.165) is 5.56 Å². The lowest BCUT2D eigenvalue weighted by atomic mass is 10.1. The van der Waals surface area contributed by atoms with E-state index < -0.39 is 4.92 Å². The molecule has 1 amide bonds. The van der Waals surface area contributed by atoms with Crippen molar-refractivity contribution in [1.29, 1.82) is 0 Å². The Balaban J connectivity index is 2.16. The first-order valence-corrected chi connectivity index (χ1v) is 7.56. The van der Waals surface area contributed by atoms with Crippen molar-refractivity contribution >= 4 is 39.1 Å². The molecule has 2 rings (SSSR count). The first kappa shape index (κ1) is 16.5. The molecule has 0 aliphatic carbocycles. The number of nitrogens with zero attached hydrogens (tertiary/aromatic N) is 1. The third-order valence-corrected chi connectivity index (χ3v) is 4.05. The third kappa shape index (κ3) is 3.84. The van der Waals surface area contributed by atoms with Gasteiger partial charge in [-0.2, -0.15) is 0 Å². The Morgan fingerprint density at radius 1 is 1.27 bits per heavy atom. The molecular weight excluding hydrogens is 372 g/mol. The first-order chi connectivity index (χ1) is 10.4. The number of carbonyl (C=O) groups excluding carboxylic acids is 1. The molecule has 2 aromatic rings. The van der Waals surface area contributed by atoms with Crippen LogP contribution in [-0.4, -0.2) is 10.8 Å². The van der Waals surface area contributed by atoms with Crippen molar-refractivity contribution in [3.63, 3.8) is 0 Å². The Kier molecular flexibility index (Phi) is 5.15. The van der Waals surface area contributed by atoms with Crippen molar-refractivity contribution in [3.05, 3.63) is 73.2 Å². The number of benzene rings is 2. The molecule has 0 bridgehead atoms. The van der Waals surface area contributed by atoms with Gasteiger partial charge in [-0.25, -0.2) is 0 Å². The molecule has 0 aliphatic heterocycles. The van der Waals surface area contributed by atoms with Gasteiger partial charge in [-0.3, -0.25) is 14.9 Å². The van der Waals surface area contributed by atoms with E-state index in [0.29, 0.717) is 9.50 Å². The fraction of sp³-hybridized carbons (Fsp3) is 0.133. The van der Waals surface area contributed by atoms with Gasteiger partial charge in [0.05, 0.1) is 15.4 Å². The van der Waals surface area contributed by atoms with Gasteiger partial charge in [0.25, 0.3) is 11.6 Å². The number of nitrogens with one attached hydrogen (secondary N) is 1. The summed E-state index contributed by atoms with van der Waals surface area (Å²) in [6.07, 6.45) is 0. The number of hydrogen-bond acceptors (Lipinski definition) is 3. The summed E-state index contributed by atoms with van der Waals surface area (Å²) in [5, 5.41) is 14.3. The molecule has 5 nitrogen and oxygen atoms in total. The molecular formula is C15H12BrClN2O3. The number of carbonyl (C=O) groups is 1. The van der Waals surface area contributed by atoms with Gasteiger partial charge in [-0.05, 0) is 52.7 Å². The largest absolute Gasteiger partial charge is 0.346 e. The predicted octanol–water partition coefficient (Wildman–Crippen LogP) is 4.50. The molecule has 0 saturated heterocycles. The molecule has 0 radical (unpaired) electrons. The van der Waals surface area contributed by atoms with Crippen molar-refractivity contribution in [1.82, 2.24) is 5.32 Å². The second-order valence-electron chi connectivity index (χ2n) is 4.67. The van der Waals surface area contributed by atoms with Gasteiger partial charge in [0, 0.05) is 16.7 Å². The highest BCUT2D eigenvalue weighted by atomic mass is 79.9. The van der Waals surface area contributed by atoms with Crippen molar-refractivity contribution in [3.8, 4) is 0 Å². The monoisotopic (exact) mass is 382 g/mol. The molecule has 0 unspecified atom stereocenters. The standard InChI is InChI=1S/C15H12BrClN2O3/c1-9(10-2-5-12(17)6-3-10)18-15(20)11-4-7-13(16)14(8-11)19(21)22/h2-9H,1H3,(H,18,20)/t9-/m0/s1. The number of hydrogen-bond donors (Lipinski definition) is 1. The van der Waals surface area contributed by atoms with Gasteiger partial charge < -0.3 is 5.32 Å². The summed E-state index contributed by atoms with van der Waals surface area (Å²) in [6.45, 7) is 1.83. The zero-order valence-electron chi connectivity index (χ0n) is 11.5. The van der Waals surface area contributed by atoms with Crippen LogP contribution in [-0.2, 0) is 0 Å². The highest BCUT2D eigenvalue weighted by molar-refractivity contribution is 9.10. The van der Waals surface area contributed by atoms with E-state index >= 15 is 0 Å². The number of amides is 1. The number of rotatable bonds is 4. The zero-order chi connectivity index (χ0) is 16.3. The van der Waals surface area contributed by atoms with E-state index in [1.54, 1.807) is 12.1 Å². The van der Waals surface area contributed by atoms with Crippen LogP contribution >= 0.6 is 27.5 Å². The van der Waals surface area contributed by atoms with Crippen molar-refractivity contribution in [2.45, 2.75) is 13.0 Å². The quantitative estimate of drug-likeness (QED) is 0.624. The summed E-state index contributed by atoms with van der Waals surface area (Å²) in [7, 11) is 0. The van der Waals surface area contributed by atoms with Crippen LogP contribution < -0.4 is 5.32 Å². The van der Waals surface area contributed by atoms with Crippen LogP contribution in [0.1, 0.15) is 28.9 Å². The van der Waals surface area contributed by atoms with Crippen LogP contribution in [0.4, 0.5) is 5.69 Å². The summed E-state index contributed by atoms with van der Waals surface area (Å²) >= 11 is 8.91. The van der Waals surface area contributed by atoms with Gasteiger partial charge in [-0.1, -0.05) is 23.7 Å². The molecule has 0 saturated carbocycles. The van der Waals surface area contributed by atoms with Crippen LogP contribution in [0.15, 0.2) is 46.9 Å². The van der Waals surface area contributed by atoms with E-state index in [9.17, 15) is 14.9 Å². The minimum atomic E-state index is -0.538. The fourth-order valence-electron chi connectivity index (χ4n) is 1.91. The lowest BCUT2D eigenvalue weighted by molar-refractivity contribution is -0.385. The highest BCUT2D eigenvalue weighted by Crippen LogP contribution is 2.26. The van der Waals surface area contributed by atoms with E-state index in [2.05, 4.69) is 21.2 Å². The van der Waals surface area contributed by atoms with Crippen molar-refractivity contribution < 1.29 is 9.72 Å². The van der Waals surface area contributed by atoms with Crippen LogP contribution in [0.25, 0.3) is 0 Å². The lowest BCUT2D eigenvalue weighted by Gasteiger charge is -2.14. The topological polar surface area (TPSA) is 72.2 Å². The normalized spacial score (nSPS) is 11.8. The molecule has 0 fully saturated rings. The molecule has 1 N–H and O–H groups in total. The summed E-state index contributed by atoms with van der Waals surface area (Å²) < 4.78 is 0.333. The molecule has 114 valence electrons. The zero-order valence-corrected chi connectivity index (χ0v) is 13.9. The van der Waals surface area contributed by atoms with Gasteiger partial charge in [0.1, 0.15) is 0 Å². The number of nitro benzene ring substituents is 1. The maximum absolute atomic E-state index is 12.2. The summed E-state index contributed by atoms with van der Waals surface area (Å²) in [5.74, 6) is -0.377. The molecule has 0 aliphatic rings. The summed E-state index contributed by atoms with van der Waals surface area (Å²) in [5.41, 5.74) is 0.979. The minimum Gasteiger partial charge on any atom is -0.346 e. The van der Waals surface area contributed by atoms with Crippen molar-refractivity contribution in [2.24, 2.45) is 0 Å². The molecule has 22 heavy (non-hydrogen) atoms. The molecule has 2 aromatic carbocycles. The minimum absolute atomic E-state index is 0.146. The SMILES string of the molecule is C[C@H](NC(=O)c1ccc(Br)c([N+](=O)[O-])c1)c1ccc(Cl)cc1.